The summed E-state index contributed by atoms with van der Waals surface area (Å²) in [6, 6.07) is 71.6. The number of aromatic nitrogens is 3. The van der Waals surface area contributed by atoms with Gasteiger partial charge in [0, 0.05) is 36.4 Å². The molecule has 0 aliphatic carbocycles. The lowest BCUT2D eigenvalue weighted by Gasteiger charge is -2.09. The van der Waals surface area contributed by atoms with Gasteiger partial charge in [-0.3, -0.25) is 0 Å². The quantitative estimate of drug-likeness (QED) is 0.147. The maximum atomic E-state index is 6.03. The van der Waals surface area contributed by atoms with E-state index in [1.807, 2.05) is 54.6 Å². The monoisotopic (exact) mass is 1370 g/mol. The summed E-state index contributed by atoms with van der Waals surface area (Å²) in [5.74, 6) is 3.83. The Morgan fingerprint density at radius 3 is 0.461 bits per heavy atom. The minimum Gasteiger partial charge on any atom is -0.478 e. The lowest BCUT2D eigenvalue weighted by atomic mass is 10.0. The summed E-state index contributed by atoms with van der Waals surface area (Å²) in [6.07, 6.45) is 46.8. The number of hydrogen-bond acceptors (Lipinski definition) is 9. The number of benzene rings is 6. The molecule has 534 valence electrons. The number of fused-ring (bicyclic) bond motifs is 6. The highest BCUT2D eigenvalue weighted by molar-refractivity contribution is 5.71. The highest BCUT2D eigenvalue weighted by atomic mass is 16.5. The van der Waals surface area contributed by atoms with Crippen LogP contribution in [-0.4, -0.2) is 54.6 Å². The number of nitrogens with zero attached hydrogens (tertiary/aromatic N) is 3. The van der Waals surface area contributed by atoms with Crippen molar-refractivity contribution in [3.05, 3.63) is 267 Å². The Hall–Kier alpha value is -9.21. The highest BCUT2D eigenvalue weighted by Crippen LogP contribution is 2.23. The van der Waals surface area contributed by atoms with E-state index in [0.717, 1.165) is 116 Å². The third kappa shape index (κ3) is 30.2. The summed E-state index contributed by atoms with van der Waals surface area (Å²) in [7, 11) is 0. The Morgan fingerprint density at radius 1 is 0.157 bits per heavy atom. The summed E-state index contributed by atoms with van der Waals surface area (Å²) < 4.78 is 36.2. The zero-order valence-corrected chi connectivity index (χ0v) is 60.8. The van der Waals surface area contributed by atoms with E-state index in [1.54, 1.807) is 0 Å². The molecule has 0 amide bonds. The maximum absolute atomic E-state index is 6.03. The second-order valence-corrected chi connectivity index (χ2v) is 27.5. The van der Waals surface area contributed by atoms with Crippen LogP contribution in [-0.2, 0) is 38.5 Å². The number of pyridine rings is 3. The van der Waals surface area contributed by atoms with Crippen LogP contribution in [0, 0.1) is 0 Å². The molecule has 10 heterocycles. The summed E-state index contributed by atoms with van der Waals surface area (Å²) in [4.78, 5) is 13.8. The molecular formula is C93H111N3O6. The first-order chi connectivity index (χ1) is 50.5. The van der Waals surface area contributed by atoms with Crippen LogP contribution in [0.1, 0.15) is 221 Å². The van der Waals surface area contributed by atoms with Gasteiger partial charge in [-0.25, -0.2) is 0 Å². The van der Waals surface area contributed by atoms with Crippen LogP contribution in [0.15, 0.2) is 200 Å². The standard InChI is InChI=1S/C93H111N3O6/c1-7-19-70-97-88-34-25-35-89(94-88)98-71-20-8-2-14-30-78-44-56-84(57-45-78)66-67-85-58-46-79(47-59-85)31-16-5-11-23-74-101-92-38-27-39-93(96-92)102-75-24-12-6-18-33-81-50-62-87(63-51-81)69-68-86-60-48-80(49-61-86)32-17-4-10-22-73-100-91-37-26-36-90(95-91)99-72-21-9-3-15-29-77-42-54-83(55-43-77)65-64-82-52-40-76(28-13-1)41-53-82/h25-27,34-69H,1-24,28-33,70-75H2. The Bertz CT molecular complexity index is 3190. The predicted octanol–water partition coefficient (Wildman–Crippen LogP) is 23.8. The number of aryl methyl sites for hydroxylation is 6. The van der Waals surface area contributed by atoms with Crippen molar-refractivity contribution in [3.63, 3.8) is 0 Å². The molecule has 0 spiro atoms. The Balaban J connectivity index is 0.611. The van der Waals surface area contributed by atoms with Gasteiger partial charge >= 0.3 is 0 Å². The summed E-state index contributed by atoms with van der Waals surface area (Å²) in [6.45, 7) is 3.99. The molecule has 0 unspecified atom stereocenters. The largest absolute Gasteiger partial charge is 0.478 e. The summed E-state index contributed by atoms with van der Waals surface area (Å²) in [5, 5.41) is 0. The molecule has 102 heavy (non-hydrogen) atoms. The fraction of sp³-hybridized carbons (Fsp3) is 0.387. The second-order valence-electron chi connectivity index (χ2n) is 27.5. The van der Waals surface area contributed by atoms with Crippen molar-refractivity contribution in [1.82, 2.24) is 15.0 Å². The van der Waals surface area contributed by atoms with Crippen LogP contribution in [0.25, 0.3) is 36.5 Å². The topological polar surface area (TPSA) is 94.1 Å². The SMILES string of the molecule is C1=Cc2ccc(cc2)CCCCCCOc2cccc(n2)OCCCCCCc2ccc(cc2)C=Cc2ccc(cc2)CCCCCCOc2cccc(n2)OCCCCCCc2ccc(cc2)C=Cc2ccc(cc2)CCCCCCOc2cccc(n2)OCCCCCCc2ccc1cc2. The van der Waals surface area contributed by atoms with Crippen LogP contribution in [0.5, 0.6) is 35.3 Å². The maximum Gasteiger partial charge on any atom is 0.216 e. The molecule has 16 rings (SSSR count). The van der Waals surface area contributed by atoms with E-state index in [2.05, 4.69) is 197 Å². The average Bonchev–Trinajstić information content (AvgIpc) is 1.29. The van der Waals surface area contributed by atoms with Gasteiger partial charge < -0.3 is 28.4 Å². The Kier molecular flexibility index (Phi) is 33.7. The van der Waals surface area contributed by atoms with Gasteiger partial charge in [0.15, 0.2) is 0 Å². The van der Waals surface area contributed by atoms with Gasteiger partial charge in [0.2, 0.25) is 35.3 Å². The van der Waals surface area contributed by atoms with Crippen molar-refractivity contribution < 1.29 is 28.4 Å². The van der Waals surface area contributed by atoms with E-state index >= 15 is 0 Å². The van der Waals surface area contributed by atoms with Gasteiger partial charge in [0.25, 0.3) is 0 Å². The van der Waals surface area contributed by atoms with Gasteiger partial charge in [-0.2, -0.15) is 15.0 Å². The molecule has 0 atom stereocenters. The third-order valence-electron chi connectivity index (χ3n) is 19.0. The molecule has 3 aromatic heterocycles. The molecule has 18 bridgehead atoms. The lowest BCUT2D eigenvalue weighted by molar-refractivity contribution is 0.269. The predicted molar refractivity (Wildman–Crippen MR) is 424 cm³/mol. The molecule has 7 aliphatic heterocycles. The van der Waals surface area contributed by atoms with Crippen molar-refractivity contribution in [2.75, 3.05) is 39.6 Å². The highest BCUT2D eigenvalue weighted by Gasteiger charge is 2.08. The molecule has 0 fully saturated rings. The zero-order valence-electron chi connectivity index (χ0n) is 60.8. The first-order valence-electron chi connectivity index (χ1n) is 38.8. The number of hydrogen-bond donors (Lipinski definition) is 0. The molecular weight excluding hydrogens is 1260 g/mol. The molecule has 9 heteroatoms. The van der Waals surface area contributed by atoms with Crippen LogP contribution < -0.4 is 28.4 Å². The first kappa shape index (κ1) is 75.5. The average molecular weight is 1370 g/mol. The van der Waals surface area contributed by atoms with Crippen molar-refractivity contribution in [2.24, 2.45) is 0 Å². The van der Waals surface area contributed by atoms with Gasteiger partial charge in [0.1, 0.15) is 0 Å². The van der Waals surface area contributed by atoms with Crippen LogP contribution in [0.3, 0.4) is 0 Å². The minimum atomic E-state index is 0.639. The van der Waals surface area contributed by atoms with Crippen LogP contribution >= 0.6 is 0 Å². The molecule has 9 aromatic rings. The molecule has 9 nitrogen and oxygen atoms in total. The van der Waals surface area contributed by atoms with E-state index in [9.17, 15) is 0 Å². The lowest BCUT2D eigenvalue weighted by Crippen LogP contribution is -2.02. The zero-order chi connectivity index (χ0) is 69.8. The Morgan fingerprint density at radius 2 is 0.304 bits per heavy atom. The molecule has 0 saturated heterocycles. The van der Waals surface area contributed by atoms with Crippen molar-refractivity contribution in [2.45, 2.75) is 193 Å². The molecule has 0 N–H and O–H groups in total. The van der Waals surface area contributed by atoms with Gasteiger partial charge in [-0.05, 0) is 182 Å². The fourth-order valence-electron chi connectivity index (χ4n) is 12.8. The van der Waals surface area contributed by atoms with E-state index in [0.29, 0.717) is 74.9 Å². The number of rotatable bonds is 0. The summed E-state index contributed by atoms with van der Waals surface area (Å²) in [5.41, 5.74) is 15.7. The molecule has 0 radical (unpaired) electrons. The van der Waals surface area contributed by atoms with E-state index < -0.39 is 0 Å². The minimum absolute atomic E-state index is 0.639. The van der Waals surface area contributed by atoms with Gasteiger partial charge in [-0.1, -0.05) is 277 Å². The van der Waals surface area contributed by atoms with Crippen LogP contribution in [0.2, 0.25) is 0 Å². The van der Waals surface area contributed by atoms with Crippen molar-refractivity contribution >= 4 is 36.5 Å². The fourth-order valence-corrected chi connectivity index (χ4v) is 12.8. The molecule has 7 aliphatic rings. The van der Waals surface area contributed by atoms with Gasteiger partial charge in [-0.15, -0.1) is 0 Å². The van der Waals surface area contributed by atoms with Crippen LogP contribution in [0.4, 0.5) is 0 Å². The van der Waals surface area contributed by atoms with E-state index in [4.69, 9.17) is 28.4 Å². The Labute approximate surface area is 610 Å². The smallest absolute Gasteiger partial charge is 0.216 e. The van der Waals surface area contributed by atoms with Gasteiger partial charge in [0.05, 0.1) is 39.6 Å². The first-order valence-corrected chi connectivity index (χ1v) is 38.8. The van der Waals surface area contributed by atoms with E-state index in [-0.39, 0.29) is 0 Å². The summed E-state index contributed by atoms with van der Waals surface area (Å²) >= 11 is 0. The molecule has 0 saturated carbocycles. The molecule has 6 aromatic carbocycles. The van der Waals surface area contributed by atoms with Crippen molar-refractivity contribution in [3.8, 4) is 35.3 Å². The second kappa shape index (κ2) is 45.6. The normalized spacial score (nSPS) is 16.4. The van der Waals surface area contributed by atoms with Crippen molar-refractivity contribution in [1.29, 1.82) is 0 Å². The third-order valence-corrected chi connectivity index (χ3v) is 19.0. The number of ether oxygens (including phenoxy) is 6. The van der Waals surface area contributed by atoms with E-state index in [1.165, 1.54) is 144 Å².